The molecule has 1 aliphatic rings. The predicted octanol–water partition coefficient (Wildman–Crippen LogP) is 2.55. The van der Waals surface area contributed by atoms with E-state index in [9.17, 15) is 0 Å². The van der Waals surface area contributed by atoms with Crippen LogP contribution in [0.2, 0.25) is 0 Å². The van der Waals surface area contributed by atoms with Crippen LogP contribution in [0, 0.1) is 6.92 Å². The average Bonchev–Trinajstić information content (AvgIpc) is 2.70. The lowest BCUT2D eigenvalue weighted by Crippen LogP contribution is -2.29. The van der Waals surface area contributed by atoms with E-state index in [2.05, 4.69) is 34.8 Å². The first-order chi connectivity index (χ1) is 9.69. The molecule has 1 unspecified atom stereocenters. The Morgan fingerprint density at radius 1 is 1.30 bits per heavy atom. The molecule has 1 aromatic heterocycles. The second kappa shape index (κ2) is 5.38. The van der Waals surface area contributed by atoms with Gasteiger partial charge in [0.05, 0.1) is 11.7 Å². The third-order valence-electron chi connectivity index (χ3n) is 4.38. The van der Waals surface area contributed by atoms with Gasteiger partial charge in [-0.15, -0.1) is 0 Å². The van der Waals surface area contributed by atoms with E-state index in [1.165, 1.54) is 30.4 Å². The maximum absolute atomic E-state index is 5.76. The minimum atomic E-state index is -0.000796. The van der Waals surface area contributed by atoms with Gasteiger partial charge in [0.15, 0.2) is 0 Å². The van der Waals surface area contributed by atoms with Gasteiger partial charge >= 0.3 is 0 Å². The van der Waals surface area contributed by atoms with Crippen molar-refractivity contribution in [2.75, 3.05) is 0 Å². The van der Waals surface area contributed by atoms with Crippen molar-refractivity contribution in [1.29, 1.82) is 0 Å². The summed E-state index contributed by atoms with van der Waals surface area (Å²) in [6.07, 6.45) is 6.06. The number of hydrogen-bond donors (Lipinski definition) is 2. The normalized spacial score (nSPS) is 16.9. The number of benzene rings is 1. The molecule has 4 heteroatoms. The number of hydrogen-bond acceptors (Lipinski definition) is 3. The number of aromatic nitrogens is 2. The molecule has 1 fully saturated rings. The van der Waals surface area contributed by atoms with Gasteiger partial charge in [-0.25, -0.2) is 5.43 Å². The lowest BCUT2D eigenvalue weighted by atomic mass is 9.79. The van der Waals surface area contributed by atoms with Crippen molar-refractivity contribution in [1.82, 2.24) is 15.2 Å². The molecule has 0 amide bonds. The SMILES string of the molecule is Cc1nn(C)cc1C(NN)c1ccc(C2CCC2)cc1. The largest absolute Gasteiger partial charge is 0.275 e. The number of nitrogens with two attached hydrogens (primary N) is 1. The minimum absolute atomic E-state index is 0.000796. The molecule has 0 saturated heterocycles. The summed E-state index contributed by atoms with van der Waals surface area (Å²) < 4.78 is 1.83. The molecule has 1 aliphatic carbocycles. The Hall–Kier alpha value is -1.65. The van der Waals surface area contributed by atoms with Crippen LogP contribution >= 0.6 is 0 Å². The summed E-state index contributed by atoms with van der Waals surface area (Å²) in [5.74, 6) is 6.53. The minimum Gasteiger partial charge on any atom is -0.275 e. The van der Waals surface area contributed by atoms with Crippen molar-refractivity contribution in [3.63, 3.8) is 0 Å². The van der Waals surface area contributed by atoms with Crippen LogP contribution in [0.4, 0.5) is 0 Å². The number of nitrogens with one attached hydrogen (secondary N) is 1. The molecule has 0 bridgehead atoms. The highest BCUT2D eigenvalue weighted by Gasteiger charge is 2.21. The number of hydrazine groups is 1. The molecule has 1 heterocycles. The molecule has 1 aromatic carbocycles. The van der Waals surface area contributed by atoms with Gasteiger partial charge < -0.3 is 0 Å². The van der Waals surface area contributed by atoms with Gasteiger partial charge in [0.1, 0.15) is 0 Å². The van der Waals surface area contributed by atoms with Gasteiger partial charge in [-0.1, -0.05) is 30.7 Å². The zero-order valence-electron chi connectivity index (χ0n) is 12.1. The molecule has 0 radical (unpaired) electrons. The van der Waals surface area contributed by atoms with Gasteiger partial charge in [-0.2, -0.15) is 5.10 Å². The lowest BCUT2D eigenvalue weighted by Gasteiger charge is -2.26. The standard InChI is InChI=1S/C16H22N4/c1-11-15(10-20(2)19-11)16(18-17)14-8-6-13(7-9-14)12-4-3-5-12/h6-10,12,16,18H,3-5,17H2,1-2H3. The summed E-state index contributed by atoms with van der Waals surface area (Å²) in [4.78, 5) is 0. The van der Waals surface area contributed by atoms with Gasteiger partial charge in [-0.3, -0.25) is 10.5 Å². The molecule has 20 heavy (non-hydrogen) atoms. The highest BCUT2D eigenvalue weighted by Crippen LogP contribution is 2.36. The summed E-state index contributed by atoms with van der Waals surface area (Å²) in [6, 6.07) is 8.86. The third kappa shape index (κ3) is 2.37. The molecule has 4 nitrogen and oxygen atoms in total. The number of aryl methyl sites for hydroxylation is 2. The van der Waals surface area contributed by atoms with Crippen LogP contribution in [-0.2, 0) is 7.05 Å². The smallest absolute Gasteiger partial charge is 0.0743 e. The molecule has 0 spiro atoms. The monoisotopic (exact) mass is 270 g/mol. The molecule has 2 aromatic rings. The van der Waals surface area contributed by atoms with E-state index >= 15 is 0 Å². The van der Waals surface area contributed by atoms with Gasteiger partial charge in [0.2, 0.25) is 0 Å². The zero-order valence-corrected chi connectivity index (χ0v) is 12.1. The summed E-state index contributed by atoms with van der Waals surface area (Å²) in [5.41, 5.74) is 7.70. The van der Waals surface area contributed by atoms with Crippen LogP contribution in [0.5, 0.6) is 0 Å². The van der Waals surface area contributed by atoms with Crippen LogP contribution in [0.15, 0.2) is 30.5 Å². The maximum Gasteiger partial charge on any atom is 0.0743 e. The zero-order chi connectivity index (χ0) is 14.1. The summed E-state index contributed by atoms with van der Waals surface area (Å²) in [5, 5.41) is 4.39. The first kappa shape index (κ1) is 13.3. The van der Waals surface area contributed by atoms with Crippen LogP contribution in [0.1, 0.15) is 53.6 Å². The summed E-state index contributed by atoms with van der Waals surface area (Å²) in [6.45, 7) is 2.02. The van der Waals surface area contributed by atoms with E-state index in [-0.39, 0.29) is 6.04 Å². The van der Waals surface area contributed by atoms with Crippen molar-refractivity contribution in [2.45, 2.75) is 38.1 Å². The Morgan fingerprint density at radius 2 is 2.00 bits per heavy atom. The molecular weight excluding hydrogens is 248 g/mol. The molecular formula is C16H22N4. The van der Waals surface area contributed by atoms with Crippen LogP contribution in [-0.4, -0.2) is 9.78 Å². The molecule has 0 aliphatic heterocycles. The Balaban J connectivity index is 1.87. The van der Waals surface area contributed by atoms with Crippen molar-refractivity contribution in [3.05, 3.63) is 52.8 Å². The molecule has 1 atom stereocenters. The fourth-order valence-corrected chi connectivity index (χ4v) is 2.97. The highest BCUT2D eigenvalue weighted by atomic mass is 15.3. The van der Waals surface area contributed by atoms with E-state index in [0.717, 1.165) is 17.2 Å². The van der Waals surface area contributed by atoms with Crippen LogP contribution < -0.4 is 11.3 Å². The maximum atomic E-state index is 5.76. The first-order valence-electron chi connectivity index (χ1n) is 7.25. The van der Waals surface area contributed by atoms with Crippen molar-refractivity contribution >= 4 is 0 Å². The third-order valence-corrected chi connectivity index (χ3v) is 4.38. The van der Waals surface area contributed by atoms with E-state index in [1.54, 1.807) is 0 Å². The molecule has 3 rings (SSSR count). The van der Waals surface area contributed by atoms with Gasteiger partial charge in [0.25, 0.3) is 0 Å². The van der Waals surface area contributed by atoms with Crippen LogP contribution in [0.3, 0.4) is 0 Å². The molecule has 1 saturated carbocycles. The highest BCUT2D eigenvalue weighted by molar-refractivity contribution is 5.35. The molecule has 3 N–H and O–H groups in total. The van der Waals surface area contributed by atoms with Gasteiger partial charge in [-0.05, 0) is 36.8 Å². The number of nitrogens with zero attached hydrogens (tertiary/aromatic N) is 2. The summed E-state index contributed by atoms with van der Waals surface area (Å²) in [7, 11) is 1.93. The second-order valence-corrected chi connectivity index (χ2v) is 5.74. The first-order valence-corrected chi connectivity index (χ1v) is 7.25. The Labute approximate surface area is 120 Å². The number of rotatable bonds is 4. The Bertz CT molecular complexity index is 581. The molecule has 106 valence electrons. The fraction of sp³-hybridized carbons (Fsp3) is 0.438. The predicted molar refractivity (Wildman–Crippen MR) is 80.1 cm³/mol. The van der Waals surface area contributed by atoms with Crippen LogP contribution in [0.25, 0.3) is 0 Å². The Kier molecular flexibility index (Phi) is 3.59. The Morgan fingerprint density at radius 3 is 2.45 bits per heavy atom. The van der Waals surface area contributed by atoms with E-state index < -0.39 is 0 Å². The van der Waals surface area contributed by atoms with Crippen molar-refractivity contribution in [2.24, 2.45) is 12.9 Å². The van der Waals surface area contributed by atoms with Crippen molar-refractivity contribution in [3.8, 4) is 0 Å². The topological polar surface area (TPSA) is 55.9 Å². The quantitative estimate of drug-likeness (QED) is 0.663. The van der Waals surface area contributed by atoms with E-state index in [4.69, 9.17) is 5.84 Å². The van der Waals surface area contributed by atoms with E-state index in [1.807, 2.05) is 24.9 Å². The summed E-state index contributed by atoms with van der Waals surface area (Å²) >= 11 is 0. The van der Waals surface area contributed by atoms with Crippen molar-refractivity contribution < 1.29 is 0 Å². The average molecular weight is 270 g/mol. The second-order valence-electron chi connectivity index (χ2n) is 5.74. The fourth-order valence-electron chi connectivity index (χ4n) is 2.97. The lowest BCUT2D eigenvalue weighted by molar-refractivity contribution is 0.419. The van der Waals surface area contributed by atoms with E-state index in [0.29, 0.717) is 0 Å². The van der Waals surface area contributed by atoms with Gasteiger partial charge in [0, 0.05) is 18.8 Å².